The van der Waals surface area contributed by atoms with Gasteiger partial charge in [0.1, 0.15) is 25.1 Å². The van der Waals surface area contributed by atoms with Crippen molar-refractivity contribution in [3.63, 3.8) is 0 Å². The first kappa shape index (κ1) is 28.6. The average molecular weight is 565 g/mol. The van der Waals surface area contributed by atoms with Gasteiger partial charge in [0.2, 0.25) is 5.75 Å². The predicted molar refractivity (Wildman–Crippen MR) is 137 cm³/mol. The Morgan fingerprint density at radius 2 is 2.10 bits per heavy atom. The van der Waals surface area contributed by atoms with E-state index in [4.69, 9.17) is 14.0 Å². The van der Waals surface area contributed by atoms with E-state index < -0.39 is 44.3 Å². The summed E-state index contributed by atoms with van der Waals surface area (Å²) in [6, 6.07) is 5.33. The number of benzene rings is 1. The number of rotatable bonds is 11. The third kappa shape index (κ3) is 6.09. The second-order valence-electron chi connectivity index (χ2n) is 9.00. The summed E-state index contributed by atoms with van der Waals surface area (Å²) in [7, 11) is -1.43. The lowest BCUT2D eigenvalue weighted by Gasteiger charge is -2.24. The van der Waals surface area contributed by atoms with Crippen molar-refractivity contribution >= 4 is 31.1 Å². The highest BCUT2D eigenvalue weighted by Gasteiger charge is 2.55. The Kier molecular flexibility index (Phi) is 8.90. The van der Waals surface area contributed by atoms with Crippen LogP contribution in [0.2, 0.25) is 0 Å². The number of nitrogens with zero attached hydrogens (tertiary/aromatic N) is 5. The number of methoxy groups -OCH3 is 1. The van der Waals surface area contributed by atoms with Crippen LogP contribution >= 0.6 is 8.17 Å². The van der Waals surface area contributed by atoms with Crippen molar-refractivity contribution in [2.45, 2.75) is 57.3 Å². The van der Waals surface area contributed by atoms with Crippen LogP contribution in [0.5, 0.6) is 11.5 Å². The van der Waals surface area contributed by atoms with Gasteiger partial charge in [-0.25, -0.2) is 24.1 Å². The minimum absolute atomic E-state index is 0.0795. The van der Waals surface area contributed by atoms with Crippen LogP contribution in [0.1, 0.15) is 33.4 Å². The lowest BCUT2D eigenvalue weighted by atomic mass is 9.98. The fourth-order valence-corrected chi connectivity index (χ4v) is 4.77. The molecule has 1 saturated heterocycles. The number of fused-ring (bicyclic) bond motifs is 1. The number of esters is 1. The number of anilines is 1. The van der Waals surface area contributed by atoms with Crippen LogP contribution in [-0.2, 0) is 14.3 Å². The molecule has 3 heterocycles. The summed E-state index contributed by atoms with van der Waals surface area (Å²) in [5.74, 6) is 0.0976. The van der Waals surface area contributed by atoms with Gasteiger partial charge in [-0.1, -0.05) is 23.8 Å². The SMILES string of the molecule is CCCNc1ncnc2c1ncn2C1O[C@H](COc2ccccc2O[P+]([O-])=NC(C)C(=O)OC)[C@@H](O)[C@@]1(C)F. The predicted octanol–water partition coefficient (Wildman–Crippen LogP) is 2.51. The number of ether oxygens (including phenoxy) is 3. The third-order valence-corrected chi connectivity index (χ3v) is 7.00. The Bertz CT molecular complexity index is 1340. The van der Waals surface area contributed by atoms with Crippen molar-refractivity contribution in [3.05, 3.63) is 36.9 Å². The van der Waals surface area contributed by atoms with Gasteiger partial charge in [0.25, 0.3) is 0 Å². The Morgan fingerprint density at radius 1 is 1.36 bits per heavy atom. The maximum Gasteiger partial charge on any atom is 0.395 e. The minimum Gasteiger partial charge on any atom is -0.575 e. The summed E-state index contributed by atoms with van der Waals surface area (Å²) in [6.45, 7) is 5.09. The van der Waals surface area contributed by atoms with Crippen molar-refractivity contribution in [1.82, 2.24) is 19.5 Å². The molecule has 15 heteroatoms. The Labute approximate surface area is 224 Å². The number of aliphatic hydroxyl groups excluding tert-OH is 1. The molecule has 1 aliphatic rings. The summed E-state index contributed by atoms with van der Waals surface area (Å²) >= 11 is 0. The first-order valence-corrected chi connectivity index (χ1v) is 13.4. The van der Waals surface area contributed by atoms with Crippen molar-refractivity contribution in [2.24, 2.45) is 4.74 Å². The average Bonchev–Trinajstić information content (AvgIpc) is 3.44. The maximum absolute atomic E-state index is 15.9. The van der Waals surface area contributed by atoms with Gasteiger partial charge in [-0.3, -0.25) is 9.09 Å². The molecular formula is C24H30FN6O7P. The molecule has 13 nitrogen and oxygen atoms in total. The molecule has 6 atom stereocenters. The van der Waals surface area contributed by atoms with E-state index >= 15 is 4.39 Å². The number of aromatic nitrogens is 4. The topological polar surface area (TPSA) is 165 Å². The van der Waals surface area contributed by atoms with E-state index in [1.807, 2.05) is 6.92 Å². The first-order chi connectivity index (χ1) is 18.7. The Balaban J connectivity index is 1.49. The molecule has 0 amide bonds. The molecule has 0 radical (unpaired) electrons. The third-order valence-electron chi connectivity index (χ3n) is 6.11. The Morgan fingerprint density at radius 3 is 2.82 bits per heavy atom. The molecular weight excluding hydrogens is 534 g/mol. The minimum atomic E-state index is -2.63. The van der Waals surface area contributed by atoms with Gasteiger partial charge in [-0.05, 0) is 32.4 Å². The molecule has 0 spiro atoms. The molecule has 4 rings (SSSR count). The van der Waals surface area contributed by atoms with Crippen LogP contribution in [0.4, 0.5) is 10.2 Å². The van der Waals surface area contributed by atoms with Crippen molar-refractivity contribution in [3.8, 4) is 11.5 Å². The number of hydrogen-bond donors (Lipinski definition) is 2. The van der Waals surface area contributed by atoms with E-state index in [2.05, 4.69) is 29.8 Å². The number of hydrogen-bond acceptors (Lipinski definition) is 12. The normalized spacial score (nSPS) is 24.0. The fourth-order valence-electron chi connectivity index (χ4n) is 4.03. The standard InChI is InChI=1S/C24H30FN6O7P/c1-5-10-26-20-18-21(28-12-27-20)31(13-29-18)23-24(3,25)19(32)17(37-23)11-36-15-8-6-7-9-16(15)38-39(34)30-14(2)22(33)35-4/h6-9,12-14,17,19,23,32H,5,10-11H2,1-4H3,(H,26,27,28)/t14?,17-,19-,23?,24-/m1/s1. The highest BCUT2D eigenvalue weighted by molar-refractivity contribution is 7.34. The zero-order valence-electron chi connectivity index (χ0n) is 21.9. The van der Waals surface area contributed by atoms with Gasteiger partial charge in [0.15, 0.2) is 40.7 Å². The van der Waals surface area contributed by atoms with Crippen LogP contribution in [0.25, 0.3) is 11.2 Å². The quantitative estimate of drug-likeness (QED) is 0.260. The second kappa shape index (κ2) is 12.2. The summed E-state index contributed by atoms with van der Waals surface area (Å²) in [6.07, 6.45) is -0.263. The molecule has 1 aliphatic heterocycles. The molecule has 2 aromatic heterocycles. The highest BCUT2D eigenvalue weighted by atomic mass is 31.1. The van der Waals surface area contributed by atoms with Gasteiger partial charge in [0.05, 0.1) is 13.4 Å². The molecule has 3 aromatic rings. The van der Waals surface area contributed by atoms with Crippen LogP contribution in [0.3, 0.4) is 0 Å². The number of aliphatic hydroxyl groups is 1. The number of para-hydroxylation sites is 2. The Hall–Kier alpha value is -3.45. The number of imidazole rings is 1. The van der Waals surface area contributed by atoms with Gasteiger partial charge < -0.3 is 29.5 Å². The van der Waals surface area contributed by atoms with E-state index in [-0.39, 0.29) is 18.1 Å². The molecule has 39 heavy (non-hydrogen) atoms. The van der Waals surface area contributed by atoms with Gasteiger partial charge in [-0.15, -0.1) is 0 Å². The summed E-state index contributed by atoms with van der Waals surface area (Å²) in [4.78, 5) is 36.6. The molecule has 0 saturated carbocycles. The zero-order valence-corrected chi connectivity index (χ0v) is 22.7. The van der Waals surface area contributed by atoms with Crippen molar-refractivity contribution < 1.29 is 37.9 Å². The molecule has 2 N–H and O–H groups in total. The molecule has 1 fully saturated rings. The van der Waals surface area contributed by atoms with E-state index in [0.717, 1.165) is 6.42 Å². The number of halogens is 1. The lowest BCUT2D eigenvalue weighted by Crippen LogP contribution is -2.41. The second-order valence-corrected chi connectivity index (χ2v) is 9.89. The number of carbonyl (C=O) groups excluding carboxylic acids is 1. The maximum atomic E-state index is 15.9. The van der Waals surface area contributed by atoms with Crippen LogP contribution in [0, 0.1) is 0 Å². The zero-order chi connectivity index (χ0) is 28.2. The van der Waals surface area contributed by atoms with Crippen molar-refractivity contribution in [1.29, 1.82) is 0 Å². The number of carbonyl (C=O) groups is 1. The lowest BCUT2D eigenvalue weighted by molar-refractivity contribution is -0.169. The smallest absolute Gasteiger partial charge is 0.395 e. The summed E-state index contributed by atoms with van der Waals surface area (Å²) in [5.41, 5.74) is -1.42. The number of nitrogens with one attached hydrogen (secondary N) is 1. The first-order valence-electron chi connectivity index (χ1n) is 12.3. The largest absolute Gasteiger partial charge is 0.575 e. The van der Waals surface area contributed by atoms with Gasteiger partial charge >= 0.3 is 14.1 Å². The molecule has 0 bridgehead atoms. The van der Waals surface area contributed by atoms with Crippen molar-refractivity contribution in [2.75, 3.05) is 25.6 Å². The fraction of sp³-hybridized carbons (Fsp3) is 0.500. The number of alkyl halides is 1. The van der Waals surface area contributed by atoms with E-state index in [0.29, 0.717) is 23.5 Å². The van der Waals surface area contributed by atoms with E-state index in [1.165, 1.54) is 44.2 Å². The van der Waals surface area contributed by atoms with Gasteiger partial charge in [-0.2, -0.15) is 0 Å². The van der Waals surface area contributed by atoms with Crippen LogP contribution in [0.15, 0.2) is 41.7 Å². The van der Waals surface area contributed by atoms with Crippen LogP contribution < -0.4 is 19.5 Å². The molecule has 3 unspecified atom stereocenters. The van der Waals surface area contributed by atoms with Crippen LogP contribution in [-0.4, -0.2) is 74.8 Å². The molecule has 210 valence electrons. The highest BCUT2D eigenvalue weighted by Crippen LogP contribution is 2.43. The molecule has 0 aliphatic carbocycles. The van der Waals surface area contributed by atoms with Gasteiger partial charge in [0, 0.05) is 6.54 Å². The molecule has 1 aromatic carbocycles. The summed E-state index contributed by atoms with van der Waals surface area (Å²) in [5, 5.41) is 14.0. The monoisotopic (exact) mass is 564 g/mol. The van der Waals surface area contributed by atoms with E-state index in [9.17, 15) is 14.8 Å². The summed E-state index contributed by atoms with van der Waals surface area (Å²) < 4.78 is 42.7. The van der Waals surface area contributed by atoms with E-state index in [1.54, 1.807) is 18.2 Å².